The number of para-hydroxylation sites is 1. The third-order valence-electron chi connectivity index (χ3n) is 3.76. The molecule has 0 aliphatic rings. The number of benzene rings is 2. The monoisotopic (exact) mass is 335 g/mol. The first kappa shape index (κ1) is 16.8. The van der Waals surface area contributed by atoms with E-state index in [1.54, 1.807) is 16.9 Å². The Morgan fingerprint density at radius 1 is 1.08 bits per heavy atom. The van der Waals surface area contributed by atoms with Crippen LogP contribution in [0.4, 0.5) is 5.82 Å². The van der Waals surface area contributed by atoms with E-state index in [0.717, 1.165) is 11.1 Å². The van der Waals surface area contributed by atoms with E-state index in [1.165, 1.54) is 0 Å². The molecular formula is C20H21N3O2. The van der Waals surface area contributed by atoms with Gasteiger partial charge in [-0.3, -0.25) is 4.79 Å². The number of anilines is 1. The molecule has 5 nitrogen and oxygen atoms in total. The molecule has 1 aromatic heterocycles. The third-order valence-corrected chi connectivity index (χ3v) is 3.76. The zero-order valence-electron chi connectivity index (χ0n) is 14.3. The van der Waals surface area contributed by atoms with Crippen LogP contribution in [0.5, 0.6) is 5.75 Å². The Bertz CT molecular complexity index is 841. The Hall–Kier alpha value is -3.08. The van der Waals surface area contributed by atoms with Gasteiger partial charge >= 0.3 is 0 Å². The SMILES string of the molecule is CC(C)n1nccc1NC(=O)COc1ccccc1-c1ccccc1. The molecule has 128 valence electrons. The maximum Gasteiger partial charge on any atom is 0.263 e. The normalized spacial score (nSPS) is 10.7. The van der Waals surface area contributed by atoms with Gasteiger partial charge in [-0.15, -0.1) is 0 Å². The van der Waals surface area contributed by atoms with Crippen molar-refractivity contribution in [2.75, 3.05) is 11.9 Å². The van der Waals surface area contributed by atoms with Gasteiger partial charge in [-0.1, -0.05) is 48.5 Å². The highest BCUT2D eigenvalue weighted by atomic mass is 16.5. The van der Waals surface area contributed by atoms with Crippen LogP contribution in [-0.4, -0.2) is 22.3 Å². The summed E-state index contributed by atoms with van der Waals surface area (Å²) in [6, 6.07) is 19.6. The lowest BCUT2D eigenvalue weighted by Gasteiger charge is -2.13. The summed E-state index contributed by atoms with van der Waals surface area (Å²) in [7, 11) is 0. The molecule has 1 heterocycles. The first-order valence-corrected chi connectivity index (χ1v) is 8.26. The Balaban J connectivity index is 1.68. The molecule has 3 aromatic rings. The summed E-state index contributed by atoms with van der Waals surface area (Å²) in [6.07, 6.45) is 1.67. The molecule has 0 unspecified atom stereocenters. The number of nitrogens with zero attached hydrogens (tertiary/aromatic N) is 2. The summed E-state index contributed by atoms with van der Waals surface area (Å²) >= 11 is 0. The molecule has 0 fully saturated rings. The standard InChI is InChI=1S/C20H21N3O2/c1-15(2)23-19(12-13-21-23)22-20(24)14-25-18-11-7-6-10-17(18)16-8-4-3-5-9-16/h3-13,15H,14H2,1-2H3,(H,22,24). The molecule has 0 atom stereocenters. The van der Waals surface area contributed by atoms with E-state index in [2.05, 4.69) is 10.4 Å². The highest BCUT2D eigenvalue weighted by Gasteiger charge is 2.11. The molecule has 0 saturated carbocycles. The smallest absolute Gasteiger partial charge is 0.263 e. The van der Waals surface area contributed by atoms with Crippen molar-refractivity contribution in [2.24, 2.45) is 0 Å². The van der Waals surface area contributed by atoms with Gasteiger partial charge < -0.3 is 10.1 Å². The van der Waals surface area contributed by atoms with Gasteiger partial charge in [-0.05, 0) is 25.5 Å². The van der Waals surface area contributed by atoms with Crippen molar-refractivity contribution in [1.29, 1.82) is 0 Å². The van der Waals surface area contributed by atoms with Gasteiger partial charge in [0.1, 0.15) is 11.6 Å². The third kappa shape index (κ3) is 4.07. The molecule has 0 saturated heterocycles. The second kappa shape index (κ2) is 7.66. The van der Waals surface area contributed by atoms with E-state index in [0.29, 0.717) is 11.6 Å². The molecule has 2 aromatic carbocycles. The first-order valence-electron chi connectivity index (χ1n) is 8.26. The van der Waals surface area contributed by atoms with Crippen molar-refractivity contribution in [1.82, 2.24) is 9.78 Å². The van der Waals surface area contributed by atoms with Crippen molar-refractivity contribution < 1.29 is 9.53 Å². The van der Waals surface area contributed by atoms with Crippen LogP contribution in [0.3, 0.4) is 0 Å². The largest absolute Gasteiger partial charge is 0.483 e. The topological polar surface area (TPSA) is 56.2 Å². The second-order valence-electron chi connectivity index (χ2n) is 5.95. The number of carbonyl (C=O) groups excluding carboxylic acids is 1. The van der Waals surface area contributed by atoms with Crippen LogP contribution in [0.2, 0.25) is 0 Å². The fraction of sp³-hybridized carbons (Fsp3) is 0.200. The Labute approximate surface area is 147 Å². The molecule has 0 spiro atoms. The van der Waals surface area contributed by atoms with E-state index in [1.807, 2.05) is 68.4 Å². The summed E-state index contributed by atoms with van der Waals surface area (Å²) < 4.78 is 7.52. The van der Waals surface area contributed by atoms with Crippen molar-refractivity contribution in [3.63, 3.8) is 0 Å². The number of hydrogen-bond acceptors (Lipinski definition) is 3. The quantitative estimate of drug-likeness (QED) is 0.736. The van der Waals surface area contributed by atoms with Crippen LogP contribution in [0.15, 0.2) is 66.9 Å². The zero-order valence-corrected chi connectivity index (χ0v) is 14.3. The number of rotatable bonds is 6. The average Bonchev–Trinajstić information content (AvgIpc) is 3.09. The highest BCUT2D eigenvalue weighted by Crippen LogP contribution is 2.29. The number of amides is 1. The molecule has 5 heteroatoms. The van der Waals surface area contributed by atoms with Crippen LogP contribution in [-0.2, 0) is 4.79 Å². The molecule has 1 amide bonds. The lowest BCUT2D eigenvalue weighted by Crippen LogP contribution is -2.22. The zero-order chi connectivity index (χ0) is 17.6. The van der Waals surface area contributed by atoms with Gasteiger partial charge in [0.15, 0.2) is 6.61 Å². The van der Waals surface area contributed by atoms with Crippen LogP contribution in [0, 0.1) is 0 Å². The van der Waals surface area contributed by atoms with E-state index >= 15 is 0 Å². The Morgan fingerprint density at radius 3 is 2.56 bits per heavy atom. The lowest BCUT2D eigenvalue weighted by molar-refractivity contribution is -0.118. The molecule has 0 aliphatic heterocycles. The Morgan fingerprint density at radius 2 is 1.80 bits per heavy atom. The minimum atomic E-state index is -0.217. The minimum absolute atomic E-state index is 0.0624. The fourth-order valence-corrected chi connectivity index (χ4v) is 2.60. The van der Waals surface area contributed by atoms with E-state index in [9.17, 15) is 4.79 Å². The van der Waals surface area contributed by atoms with Crippen molar-refractivity contribution >= 4 is 11.7 Å². The summed E-state index contributed by atoms with van der Waals surface area (Å²) in [5, 5.41) is 7.04. The minimum Gasteiger partial charge on any atom is -0.483 e. The van der Waals surface area contributed by atoms with Gasteiger partial charge in [-0.25, -0.2) is 4.68 Å². The van der Waals surface area contributed by atoms with Crippen LogP contribution < -0.4 is 10.1 Å². The van der Waals surface area contributed by atoms with Crippen LogP contribution in [0.1, 0.15) is 19.9 Å². The first-order chi connectivity index (χ1) is 12.1. The molecule has 0 aliphatic carbocycles. The van der Waals surface area contributed by atoms with Gasteiger partial charge in [0, 0.05) is 17.7 Å². The van der Waals surface area contributed by atoms with E-state index < -0.39 is 0 Å². The maximum atomic E-state index is 12.2. The van der Waals surface area contributed by atoms with Gasteiger partial charge in [0.05, 0.1) is 6.20 Å². The maximum absolute atomic E-state index is 12.2. The number of carbonyl (C=O) groups is 1. The van der Waals surface area contributed by atoms with Gasteiger partial charge in [0.2, 0.25) is 0 Å². The summed E-state index contributed by atoms with van der Waals surface area (Å²) in [6.45, 7) is 3.96. The van der Waals surface area contributed by atoms with Gasteiger partial charge in [-0.2, -0.15) is 5.10 Å². The van der Waals surface area contributed by atoms with Gasteiger partial charge in [0.25, 0.3) is 5.91 Å². The second-order valence-corrected chi connectivity index (χ2v) is 5.95. The van der Waals surface area contributed by atoms with Crippen molar-refractivity contribution in [3.05, 3.63) is 66.9 Å². The number of hydrogen-bond donors (Lipinski definition) is 1. The molecule has 25 heavy (non-hydrogen) atoms. The predicted octanol–water partition coefficient (Wildman–Crippen LogP) is 4.15. The number of nitrogens with one attached hydrogen (secondary N) is 1. The highest BCUT2D eigenvalue weighted by molar-refractivity contribution is 5.91. The average molecular weight is 335 g/mol. The van der Waals surface area contributed by atoms with Crippen molar-refractivity contribution in [2.45, 2.75) is 19.9 Å². The summed E-state index contributed by atoms with van der Waals surface area (Å²) in [4.78, 5) is 12.2. The molecule has 3 rings (SSSR count). The number of aromatic nitrogens is 2. The van der Waals surface area contributed by atoms with Crippen molar-refractivity contribution in [3.8, 4) is 16.9 Å². The van der Waals surface area contributed by atoms with Crippen LogP contribution >= 0.6 is 0 Å². The summed E-state index contributed by atoms with van der Waals surface area (Å²) in [5.74, 6) is 1.13. The molecule has 1 N–H and O–H groups in total. The lowest BCUT2D eigenvalue weighted by atomic mass is 10.1. The number of ether oxygens (including phenoxy) is 1. The predicted molar refractivity (Wildman–Crippen MR) is 98.6 cm³/mol. The van der Waals surface area contributed by atoms with E-state index in [-0.39, 0.29) is 18.6 Å². The van der Waals surface area contributed by atoms with E-state index in [4.69, 9.17) is 4.74 Å². The molecular weight excluding hydrogens is 314 g/mol. The van der Waals surface area contributed by atoms with Crippen LogP contribution in [0.25, 0.3) is 11.1 Å². The Kier molecular flexibility index (Phi) is 5.14. The molecule has 0 radical (unpaired) electrons. The molecule has 0 bridgehead atoms. The summed E-state index contributed by atoms with van der Waals surface area (Å²) in [5.41, 5.74) is 2.01. The fourth-order valence-electron chi connectivity index (χ4n) is 2.60.